The summed E-state index contributed by atoms with van der Waals surface area (Å²) in [6.45, 7) is 1.83. The Morgan fingerprint density at radius 2 is 2.03 bits per heavy atom. The van der Waals surface area contributed by atoms with Crippen molar-refractivity contribution >= 4 is 40.7 Å². The first kappa shape index (κ1) is 23.1. The molecule has 0 saturated heterocycles. The quantitative estimate of drug-likeness (QED) is 0.455. The van der Waals surface area contributed by atoms with Crippen LogP contribution >= 0.6 is 23.2 Å². The molecule has 0 bridgehead atoms. The maximum absolute atomic E-state index is 13.6. The van der Waals surface area contributed by atoms with Crippen molar-refractivity contribution in [3.63, 3.8) is 0 Å². The van der Waals surface area contributed by atoms with E-state index in [2.05, 4.69) is 20.7 Å². The number of anilines is 2. The number of methoxy groups -OCH3 is 1. The minimum atomic E-state index is -0.669. The molecule has 0 aliphatic carbocycles. The number of ether oxygens (including phenoxy) is 1. The second-order valence-corrected chi connectivity index (χ2v) is 8.27. The number of nitrogens with one attached hydrogen (secondary N) is 2. The van der Waals surface area contributed by atoms with Crippen molar-refractivity contribution in [1.29, 1.82) is 0 Å². The summed E-state index contributed by atoms with van der Waals surface area (Å²) in [6.07, 6.45) is 1.02. The Bertz CT molecular complexity index is 1220. The van der Waals surface area contributed by atoms with Gasteiger partial charge in [0.1, 0.15) is 11.8 Å². The molecule has 1 unspecified atom stereocenters. The Morgan fingerprint density at radius 1 is 1.24 bits per heavy atom. The number of allylic oxidation sites excluding steroid dienone is 1. The van der Waals surface area contributed by atoms with Crippen molar-refractivity contribution < 1.29 is 14.6 Å². The van der Waals surface area contributed by atoms with Crippen LogP contribution in [-0.2, 0) is 11.2 Å². The monoisotopic (exact) mass is 487 g/mol. The van der Waals surface area contributed by atoms with Gasteiger partial charge in [0, 0.05) is 24.3 Å². The molecule has 33 heavy (non-hydrogen) atoms. The SMILES string of the molecule is COc1ccccc1NC(=O)C1=C(C)Nc2nc(CCCO)nn2C1c1cccc(Cl)c1Cl. The number of carbonyl (C=O) groups excluding carboxylic acids is 1. The van der Waals surface area contributed by atoms with Gasteiger partial charge in [-0.3, -0.25) is 4.79 Å². The number of para-hydroxylation sites is 2. The molecule has 0 spiro atoms. The van der Waals surface area contributed by atoms with Gasteiger partial charge in [0.05, 0.1) is 28.4 Å². The molecular formula is C23H23Cl2N5O3. The summed E-state index contributed by atoms with van der Waals surface area (Å²) in [6, 6.07) is 11.8. The van der Waals surface area contributed by atoms with Gasteiger partial charge < -0.3 is 20.5 Å². The van der Waals surface area contributed by atoms with E-state index in [1.807, 2.05) is 18.2 Å². The molecule has 0 radical (unpaired) electrons. The number of aliphatic hydroxyl groups is 1. The Labute approximate surface area is 201 Å². The molecule has 4 rings (SSSR count). The third kappa shape index (κ3) is 4.55. The lowest BCUT2D eigenvalue weighted by molar-refractivity contribution is -0.113. The molecule has 3 aromatic rings. The van der Waals surface area contributed by atoms with Gasteiger partial charge >= 0.3 is 0 Å². The Kier molecular flexibility index (Phi) is 6.88. The lowest BCUT2D eigenvalue weighted by Gasteiger charge is -2.29. The number of rotatable bonds is 7. The lowest BCUT2D eigenvalue weighted by Crippen LogP contribution is -2.31. The number of nitrogens with zero attached hydrogens (tertiary/aromatic N) is 3. The van der Waals surface area contributed by atoms with Crippen LogP contribution in [0.4, 0.5) is 11.6 Å². The van der Waals surface area contributed by atoms with Gasteiger partial charge in [-0.15, -0.1) is 0 Å². The molecule has 2 aromatic carbocycles. The van der Waals surface area contributed by atoms with Crippen LogP contribution in [0.1, 0.15) is 30.8 Å². The molecule has 0 saturated carbocycles. The first-order valence-corrected chi connectivity index (χ1v) is 11.1. The summed E-state index contributed by atoms with van der Waals surface area (Å²) in [7, 11) is 1.54. The van der Waals surface area contributed by atoms with Crippen LogP contribution in [0.3, 0.4) is 0 Å². The summed E-state index contributed by atoms with van der Waals surface area (Å²) in [5.41, 5.74) is 2.18. The molecule has 0 fully saturated rings. The van der Waals surface area contributed by atoms with E-state index in [0.29, 0.717) is 62.9 Å². The summed E-state index contributed by atoms with van der Waals surface area (Å²) < 4.78 is 7.00. The minimum Gasteiger partial charge on any atom is -0.495 e. The molecule has 172 valence electrons. The van der Waals surface area contributed by atoms with Crippen LogP contribution in [0.5, 0.6) is 5.75 Å². The number of amides is 1. The number of fused-ring (bicyclic) bond motifs is 1. The summed E-state index contributed by atoms with van der Waals surface area (Å²) in [5.74, 6) is 1.23. The third-order valence-corrected chi connectivity index (χ3v) is 6.16. The number of carbonyl (C=O) groups is 1. The molecule has 10 heteroatoms. The predicted octanol–water partition coefficient (Wildman–Crippen LogP) is 4.45. The highest BCUT2D eigenvalue weighted by Gasteiger charge is 2.36. The van der Waals surface area contributed by atoms with Crippen molar-refractivity contribution in [1.82, 2.24) is 14.8 Å². The summed E-state index contributed by atoms with van der Waals surface area (Å²) >= 11 is 12.9. The number of aliphatic hydroxyl groups excluding tert-OH is 1. The van der Waals surface area contributed by atoms with E-state index < -0.39 is 6.04 Å². The maximum Gasteiger partial charge on any atom is 0.255 e. The maximum atomic E-state index is 13.6. The number of hydrogen-bond donors (Lipinski definition) is 3. The van der Waals surface area contributed by atoms with Crippen LogP contribution in [0.2, 0.25) is 10.0 Å². The van der Waals surface area contributed by atoms with Crippen molar-refractivity contribution in [2.24, 2.45) is 0 Å². The van der Waals surface area contributed by atoms with Crippen LogP contribution in [0.15, 0.2) is 53.7 Å². The number of hydrogen-bond acceptors (Lipinski definition) is 6. The minimum absolute atomic E-state index is 0.0324. The third-order valence-electron chi connectivity index (χ3n) is 5.33. The van der Waals surface area contributed by atoms with E-state index in [9.17, 15) is 9.90 Å². The van der Waals surface area contributed by atoms with Gasteiger partial charge in [0.15, 0.2) is 5.82 Å². The average molecular weight is 488 g/mol. The second kappa shape index (κ2) is 9.82. The van der Waals surface area contributed by atoms with Crippen molar-refractivity contribution in [3.8, 4) is 5.75 Å². The van der Waals surface area contributed by atoms with E-state index in [4.69, 9.17) is 27.9 Å². The van der Waals surface area contributed by atoms with Crippen LogP contribution < -0.4 is 15.4 Å². The van der Waals surface area contributed by atoms with Gasteiger partial charge in [-0.05, 0) is 31.5 Å². The molecule has 1 atom stereocenters. The highest BCUT2D eigenvalue weighted by atomic mass is 35.5. The van der Waals surface area contributed by atoms with E-state index >= 15 is 0 Å². The van der Waals surface area contributed by atoms with Gasteiger partial charge in [-0.25, -0.2) is 4.68 Å². The fraction of sp³-hybridized carbons (Fsp3) is 0.261. The van der Waals surface area contributed by atoms with Gasteiger partial charge in [-0.1, -0.05) is 47.5 Å². The fourth-order valence-corrected chi connectivity index (χ4v) is 4.20. The van der Waals surface area contributed by atoms with E-state index in [1.165, 1.54) is 0 Å². The fourth-order valence-electron chi connectivity index (χ4n) is 3.79. The second-order valence-electron chi connectivity index (χ2n) is 7.49. The first-order valence-electron chi connectivity index (χ1n) is 10.4. The molecular weight excluding hydrogens is 465 g/mol. The molecule has 1 aliphatic heterocycles. The van der Waals surface area contributed by atoms with Crippen molar-refractivity contribution in [2.75, 3.05) is 24.4 Å². The molecule has 3 N–H and O–H groups in total. The summed E-state index contributed by atoms with van der Waals surface area (Å²) in [5, 5.41) is 20.6. The zero-order chi connectivity index (χ0) is 23.5. The van der Waals surface area contributed by atoms with Crippen LogP contribution in [0, 0.1) is 0 Å². The standard InChI is InChI=1S/C23H23Cl2N5O3/c1-13-19(22(32)27-16-9-3-4-10-17(16)33-2)21(14-7-5-8-15(24)20(14)25)30-23(26-13)28-18(29-30)11-6-12-31/h3-5,7-10,21,31H,6,11-12H2,1-2H3,(H,27,32)(H,26,28,29). The van der Waals surface area contributed by atoms with E-state index in [0.717, 1.165) is 0 Å². The Morgan fingerprint density at radius 3 is 2.79 bits per heavy atom. The Balaban J connectivity index is 1.81. The average Bonchev–Trinajstić information content (AvgIpc) is 3.21. The van der Waals surface area contributed by atoms with Crippen LogP contribution in [-0.4, -0.2) is 39.5 Å². The normalized spacial score (nSPS) is 15.1. The first-order chi connectivity index (χ1) is 15.9. The molecule has 8 nitrogen and oxygen atoms in total. The molecule has 1 aromatic heterocycles. The highest BCUT2D eigenvalue weighted by Crippen LogP contribution is 2.41. The van der Waals surface area contributed by atoms with Crippen molar-refractivity contribution in [2.45, 2.75) is 25.8 Å². The predicted molar refractivity (Wildman–Crippen MR) is 128 cm³/mol. The molecule has 1 amide bonds. The smallest absolute Gasteiger partial charge is 0.255 e. The van der Waals surface area contributed by atoms with Gasteiger partial charge in [-0.2, -0.15) is 10.1 Å². The molecule has 1 aliphatic rings. The lowest BCUT2D eigenvalue weighted by atomic mass is 9.95. The van der Waals surface area contributed by atoms with E-state index in [1.54, 1.807) is 43.0 Å². The van der Waals surface area contributed by atoms with Gasteiger partial charge in [0.2, 0.25) is 5.95 Å². The van der Waals surface area contributed by atoms with Gasteiger partial charge in [0.25, 0.3) is 5.91 Å². The van der Waals surface area contributed by atoms with Crippen molar-refractivity contribution in [3.05, 3.63) is 75.2 Å². The van der Waals surface area contributed by atoms with E-state index in [-0.39, 0.29) is 12.5 Å². The van der Waals surface area contributed by atoms with Crippen LogP contribution in [0.25, 0.3) is 0 Å². The highest BCUT2D eigenvalue weighted by molar-refractivity contribution is 6.42. The largest absolute Gasteiger partial charge is 0.495 e. The zero-order valence-electron chi connectivity index (χ0n) is 18.1. The molecule has 2 heterocycles. The number of aryl methyl sites for hydroxylation is 1. The number of halogens is 2. The number of aromatic nitrogens is 3. The number of benzene rings is 2. The Hall–Kier alpha value is -3.07. The topological polar surface area (TPSA) is 101 Å². The zero-order valence-corrected chi connectivity index (χ0v) is 19.6. The summed E-state index contributed by atoms with van der Waals surface area (Å²) in [4.78, 5) is 18.1.